The fraction of sp³-hybridized carbons (Fsp3) is 0.0952. The monoisotopic (exact) mass is 347 g/mol. The van der Waals surface area contributed by atoms with E-state index < -0.39 is 11.9 Å². The predicted octanol–water partition coefficient (Wildman–Crippen LogP) is 3.28. The van der Waals surface area contributed by atoms with Gasteiger partial charge in [0.1, 0.15) is 24.9 Å². The highest BCUT2D eigenvalue weighted by molar-refractivity contribution is 6.05. The van der Waals surface area contributed by atoms with Crippen LogP contribution in [-0.2, 0) is 19.1 Å². The summed E-state index contributed by atoms with van der Waals surface area (Å²) in [7, 11) is 0. The molecule has 0 fully saturated rings. The van der Waals surface area contributed by atoms with Crippen LogP contribution in [0.5, 0.6) is 0 Å². The third-order valence-corrected chi connectivity index (χ3v) is 3.42. The zero-order valence-corrected chi connectivity index (χ0v) is 14.1. The first-order chi connectivity index (χ1) is 12.7. The molecule has 0 amide bonds. The van der Waals surface area contributed by atoms with Gasteiger partial charge < -0.3 is 9.47 Å². The molecule has 2 rings (SSSR count). The molecule has 0 unspecified atom stereocenters. The first kappa shape index (κ1) is 18.7. The van der Waals surface area contributed by atoms with Crippen LogP contribution in [0.15, 0.2) is 78.9 Å². The molecule has 0 aliphatic heterocycles. The van der Waals surface area contributed by atoms with Crippen molar-refractivity contribution < 1.29 is 19.1 Å². The number of carbonyl (C=O) groups is 2. The van der Waals surface area contributed by atoms with E-state index in [4.69, 9.17) is 9.47 Å². The molecule has 0 heterocycles. The van der Waals surface area contributed by atoms with Crippen molar-refractivity contribution >= 4 is 17.5 Å². The summed E-state index contributed by atoms with van der Waals surface area (Å²) in [5.74, 6) is -1.38. The molecule has 2 aromatic carbocycles. The number of esters is 2. The van der Waals surface area contributed by atoms with Gasteiger partial charge >= 0.3 is 11.9 Å². The quantitative estimate of drug-likeness (QED) is 0.332. The Hall–Kier alpha value is -3.65. The first-order valence-electron chi connectivity index (χ1n) is 7.89. The van der Waals surface area contributed by atoms with Crippen molar-refractivity contribution in [3.63, 3.8) is 0 Å². The van der Waals surface area contributed by atoms with Crippen LogP contribution >= 0.6 is 0 Å². The number of carbonyl (C=O) groups excluding carboxylic acids is 2. The molecule has 0 saturated heterocycles. The largest absolute Gasteiger partial charge is 0.459 e. The third-order valence-electron chi connectivity index (χ3n) is 3.42. The van der Waals surface area contributed by atoms with Crippen LogP contribution in [-0.4, -0.2) is 25.2 Å². The van der Waals surface area contributed by atoms with Gasteiger partial charge in [0.2, 0.25) is 0 Å². The fourth-order valence-corrected chi connectivity index (χ4v) is 2.28. The van der Waals surface area contributed by atoms with Crippen molar-refractivity contribution in [1.29, 1.82) is 5.26 Å². The topological polar surface area (TPSA) is 76.4 Å². The highest BCUT2D eigenvalue weighted by Crippen LogP contribution is 2.27. The zero-order chi connectivity index (χ0) is 18.8. The summed E-state index contributed by atoms with van der Waals surface area (Å²) >= 11 is 0. The molecule has 0 radical (unpaired) electrons. The van der Waals surface area contributed by atoms with Gasteiger partial charge in [-0.15, -0.1) is 0 Å². The number of nitrogens with zero attached hydrogens (tertiary/aromatic N) is 1. The van der Waals surface area contributed by atoms with Crippen LogP contribution in [0.3, 0.4) is 0 Å². The van der Waals surface area contributed by atoms with Crippen molar-refractivity contribution in [2.75, 3.05) is 13.2 Å². The Morgan fingerprint density at radius 2 is 1.42 bits per heavy atom. The van der Waals surface area contributed by atoms with E-state index in [1.165, 1.54) is 0 Å². The van der Waals surface area contributed by atoms with Gasteiger partial charge in [-0.3, -0.25) is 0 Å². The van der Waals surface area contributed by atoms with E-state index in [1.807, 2.05) is 66.7 Å². The van der Waals surface area contributed by atoms with Crippen molar-refractivity contribution in [3.8, 4) is 6.07 Å². The minimum atomic E-state index is -0.773. The average molecular weight is 347 g/mol. The maximum absolute atomic E-state index is 12.4. The Morgan fingerprint density at radius 3 is 1.88 bits per heavy atom. The number of hydrogen-bond acceptors (Lipinski definition) is 5. The Labute approximate surface area is 151 Å². The van der Waals surface area contributed by atoms with Gasteiger partial charge in [0.15, 0.2) is 0 Å². The SMILES string of the molecule is C=CC(=O)OCCOC(=O)C(C#N)=C(c1ccccc1)c1ccccc1. The average Bonchev–Trinajstić information content (AvgIpc) is 2.70. The molecule has 0 bridgehead atoms. The molecular formula is C21H17NO4. The highest BCUT2D eigenvalue weighted by atomic mass is 16.6. The summed E-state index contributed by atoms with van der Waals surface area (Å²) in [4.78, 5) is 23.4. The Kier molecular flexibility index (Phi) is 6.90. The molecule has 0 aliphatic carbocycles. The summed E-state index contributed by atoms with van der Waals surface area (Å²) in [6, 6.07) is 20.2. The van der Waals surface area contributed by atoms with E-state index in [0.717, 1.165) is 17.2 Å². The fourth-order valence-electron chi connectivity index (χ4n) is 2.28. The highest BCUT2D eigenvalue weighted by Gasteiger charge is 2.19. The summed E-state index contributed by atoms with van der Waals surface area (Å²) < 4.78 is 9.83. The predicted molar refractivity (Wildman–Crippen MR) is 96.6 cm³/mol. The minimum absolute atomic E-state index is 0.110. The molecule has 0 aliphatic rings. The van der Waals surface area contributed by atoms with E-state index in [9.17, 15) is 14.9 Å². The molecule has 5 nitrogen and oxygen atoms in total. The van der Waals surface area contributed by atoms with Gasteiger partial charge in [-0.2, -0.15) is 5.26 Å². The van der Waals surface area contributed by atoms with Gasteiger partial charge in [-0.05, 0) is 11.1 Å². The van der Waals surface area contributed by atoms with Crippen molar-refractivity contribution in [2.45, 2.75) is 0 Å². The maximum Gasteiger partial charge on any atom is 0.349 e. The number of benzene rings is 2. The Morgan fingerprint density at radius 1 is 0.923 bits per heavy atom. The number of nitriles is 1. The minimum Gasteiger partial charge on any atom is -0.459 e. The number of rotatable bonds is 7. The van der Waals surface area contributed by atoms with Gasteiger partial charge in [0, 0.05) is 11.6 Å². The lowest BCUT2D eigenvalue weighted by molar-refractivity contribution is -0.146. The molecule has 5 heteroatoms. The lowest BCUT2D eigenvalue weighted by atomic mass is 9.93. The molecule has 0 spiro atoms. The van der Waals surface area contributed by atoms with Crippen LogP contribution < -0.4 is 0 Å². The lowest BCUT2D eigenvalue weighted by Gasteiger charge is -2.11. The number of hydrogen-bond donors (Lipinski definition) is 0. The molecule has 0 saturated carbocycles. The van der Waals surface area contributed by atoms with Crippen molar-refractivity contribution in [3.05, 3.63) is 90.0 Å². The van der Waals surface area contributed by atoms with Crippen LogP contribution in [0.25, 0.3) is 5.57 Å². The molecular weight excluding hydrogens is 330 g/mol. The second-order valence-corrected chi connectivity index (χ2v) is 5.10. The molecule has 26 heavy (non-hydrogen) atoms. The summed E-state index contributed by atoms with van der Waals surface area (Å²) in [5, 5.41) is 9.56. The smallest absolute Gasteiger partial charge is 0.349 e. The number of ether oxygens (including phenoxy) is 2. The van der Waals surface area contributed by atoms with Crippen molar-refractivity contribution in [2.24, 2.45) is 0 Å². The Bertz CT molecular complexity index is 807. The third kappa shape index (κ3) is 4.92. The summed E-state index contributed by atoms with van der Waals surface area (Å²) in [5.41, 5.74) is 1.83. The van der Waals surface area contributed by atoms with Gasteiger partial charge in [-0.25, -0.2) is 9.59 Å². The molecule has 130 valence electrons. The van der Waals surface area contributed by atoms with E-state index in [2.05, 4.69) is 6.58 Å². The van der Waals surface area contributed by atoms with E-state index in [1.54, 1.807) is 0 Å². The standard InChI is InChI=1S/C21H17NO4/c1-2-19(23)25-13-14-26-21(24)18(15-22)20(16-9-5-3-6-10-16)17-11-7-4-8-12-17/h2-12H,1,13-14H2. The van der Waals surface area contributed by atoms with Crippen molar-refractivity contribution in [1.82, 2.24) is 0 Å². The van der Waals surface area contributed by atoms with Gasteiger partial charge in [0.05, 0.1) is 0 Å². The molecule has 0 atom stereocenters. The Balaban J connectivity index is 2.30. The van der Waals surface area contributed by atoms with E-state index >= 15 is 0 Å². The summed E-state index contributed by atoms with van der Waals surface area (Å²) in [6.45, 7) is 3.01. The van der Waals surface area contributed by atoms with Crippen LogP contribution in [0, 0.1) is 11.3 Å². The summed E-state index contributed by atoms with van der Waals surface area (Å²) in [6.07, 6.45) is 1.02. The first-order valence-corrected chi connectivity index (χ1v) is 7.89. The second-order valence-electron chi connectivity index (χ2n) is 5.10. The van der Waals surface area contributed by atoms with Gasteiger partial charge in [-0.1, -0.05) is 67.2 Å². The molecule has 0 aromatic heterocycles. The molecule has 2 aromatic rings. The maximum atomic E-state index is 12.4. The molecule has 0 N–H and O–H groups in total. The van der Waals surface area contributed by atoms with E-state index in [0.29, 0.717) is 5.57 Å². The van der Waals surface area contributed by atoms with Crippen LogP contribution in [0.4, 0.5) is 0 Å². The van der Waals surface area contributed by atoms with E-state index in [-0.39, 0.29) is 18.8 Å². The normalized spacial score (nSPS) is 9.50. The van der Waals surface area contributed by atoms with Crippen LogP contribution in [0.1, 0.15) is 11.1 Å². The second kappa shape index (κ2) is 9.60. The zero-order valence-electron chi connectivity index (χ0n) is 14.1. The van der Waals surface area contributed by atoms with Crippen LogP contribution in [0.2, 0.25) is 0 Å². The van der Waals surface area contributed by atoms with Gasteiger partial charge in [0.25, 0.3) is 0 Å². The lowest BCUT2D eigenvalue weighted by Crippen LogP contribution is -2.15.